The molecule has 0 aliphatic heterocycles. The lowest BCUT2D eigenvalue weighted by atomic mass is 9.79. The summed E-state index contributed by atoms with van der Waals surface area (Å²) in [5.41, 5.74) is 13.2. The van der Waals surface area contributed by atoms with Crippen molar-refractivity contribution in [2.45, 2.75) is 25.7 Å². The summed E-state index contributed by atoms with van der Waals surface area (Å²) in [4.78, 5) is 0. The highest BCUT2D eigenvalue weighted by Gasteiger charge is 2.41. The highest BCUT2D eigenvalue weighted by Crippen LogP contribution is 2.56. The number of hydrogen-bond acceptors (Lipinski definition) is 1. The predicted molar refractivity (Wildman–Crippen MR) is 120 cm³/mol. The van der Waals surface area contributed by atoms with E-state index in [1.807, 2.05) is 6.07 Å². The van der Waals surface area contributed by atoms with E-state index in [1.165, 1.54) is 55.3 Å². The number of furan rings is 1. The van der Waals surface area contributed by atoms with E-state index in [0.717, 1.165) is 17.6 Å². The van der Waals surface area contributed by atoms with Crippen LogP contribution in [-0.4, -0.2) is 0 Å². The van der Waals surface area contributed by atoms with E-state index in [1.54, 1.807) is 0 Å². The van der Waals surface area contributed by atoms with Crippen LogP contribution >= 0.6 is 0 Å². The Balaban J connectivity index is 1.60. The molecular weight excluding hydrogens is 352 g/mol. The van der Waals surface area contributed by atoms with Crippen molar-refractivity contribution in [3.63, 3.8) is 0 Å². The first-order valence-electron chi connectivity index (χ1n) is 10.3. The van der Waals surface area contributed by atoms with Gasteiger partial charge in [0.1, 0.15) is 11.2 Å². The van der Waals surface area contributed by atoms with Gasteiger partial charge in [0.15, 0.2) is 0 Å². The summed E-state index contributed by atoms with van der Waals surface area (Å²) in [6.07, 6.45) is 1.02. The Morgan fingerprint density at radius 3 is 2.45 bits per heavy atom. The molecule has 138 valence electrons. The van der Waals surface area contributed by atoms with E-state index in [2.05, 4.69) is 80.6 Å². The Morgan fingerprint density at radius 2 is 1.52 bits per heavy atom. The molecular formula is C28H20O. The van der Waals surface area contributed by atoms with Crippen molar-refractivity contribution in [1.82, 2.24) is 0 Å². The van der Waals surface area contributed by atoms with Gasteiger partial charge in [-0.25, -0.2) is 0 Å². The summed E-state index contributed by atoms with van der Waals surface area (Å²) < 4.78 is 6.43. The molecule has 0 N–H and O–H groups in total. The standard InChI is InChI=1S/C28H20O/c1-28(2)23-14-13-20-19-9-5-6-10-24(19)29-27(20)25(23)21-12-11-18-17-8-4-3-7-16(17)15-22(18)26(21)28/h3-14H,15H2,1-2H3. The summed E-state index contributed by atoms with van der Waals surface area (Å²) in [7, 11) is 0. The van der Waals surface area contributed by atoms with Gasteiger partial charge >= 0.3 is 0 Å². The van der Waals surface area contributed by atoms with Gasteiger partial charge in [-0.1, -0.05) is 80.6 Å². The molecule has 0 fully saturated rings. The fourth-order valence-corrected chi connectivity index (χ4v) is 5.85. The van der Waals surface area contributed by atoms with Crippen LogP contribution in [0.1, 0.15) is 36.1 Å². The minimum absolute atomic E-state index is 0.0365. The molecule has 2 aliphatic carbocycles. The first-order chi connectivity index (χ1) is 14.1. The predicted octanol–water partition coefficient (Wildman–Crippen LogP) is 7.46. The van der Waals surface area contributed by atoms with Gasteiger partial charge in [-0.05, 0) is 51.4 Å². The number of para-hydroxylation sites is 1. The maximum atomic E-state index is 6.43. The van der Waals surface area contributed by atoms with E-state index in [9.17, 15) is 0 Å². The van der Waals surface area contributed by atoms with Crippen LogP contribution < -0.4 is 0 Å². The number of benzene rings is 4. The second-order valence-corrected chi connectivity index (χ2v) is 8.94. The van der Waals surface area contributed by atoms with Crippen molar-refractivity contribution in [2.75, 3.05) is 0 Å². The molecule has 1 heteroatoms. The summed E-state index contributed by atoms with van der Waals surface area (Å²) in [5, 5.41) is 2.41. The van der Waals surface area contributed by atoms with Crippen LogP contribution in [0.25, 0.3) is 44.2 Å². The molecule has 4 aromatic carbocycles. The minimum Gasteiger partial charge on any atom is -0.455 e. The Kier molecular flexibility index (Phi) is 2.68. The third-order valence-electron chi connectivity index (χ3n) is 7.10. The molecule has 5 aromatic rings. The molecule has 0 spiro atoms. The molecule has 0 unspecified atom stereocenters. The molecule has 0 amide bonds. The normalized spacial score (nSPS) is 15.4. The van der Waals surface area contributed by atoms with Crippen LogP contribution in [0.4, 0.5) is 0 Å². The maximum Gasteiger partial charge on any atom is 0.143 e. The largest absolute Gasteiger partial charge is 0.455 e. The summed E-state index contributed by atoms with van der Waals surface area (Å²) in [6, 6.07) is 26.4. The SMILES string of the molecule is CC1(C)c2ccc3c(oc4ccccc43)c2-c2ccc3c(c21)Cc1ccccc1-3. The molecule has 0 saturated heterocycles. The Morgan fingerprint density at radius 1 is 0.724 bits per heavy atom. The second kappa shape index (κ2) is 4.99. The van der Waals surface area contributed by atoms with Gasteiger partial charge in [0.25, 0.3) is 0 Å². The maximum absolute atomic E-state index is 6.43. The van der Waals surface area contributed by atoms with Crippen LogP contribution in [0.5, 0.6) is 0 Å². The fourth-order valence-electron chi connectivity index (χ4n) is 5.85. The quantitative estimate of drug-likeness (QED) is 0.270. The van der Waals surface area contributed by atoms with Crippen molar-refractivity contribution < 1.29 is 4.42 Å². The average molecular weight is 372 g/mol. The van der Waals surface area contributed by atoms with Gasteiger partial charge in [-0.15, -0.1) is 0 Å². The second-order valence-electron chi connectivity index (χ2n) is 8.94. The van der Waals surface area contributed by atoms with Crippen molar-refractivity contribution >= 4 is 21.9 Å². The molecule has 7 rings (SSSR count). The number of hydrogen-bond donors (Lipinski definition) is 0. The minimum atomic E-state index is -0.0365. The summed E-state index contributed by atoms with van der Waals surface area (Å²) >= 11 is 0. The Labute approximate surface area is 169 Å². The summed E-state index contributed by atoms with van der Waals surface area (Å²) in [5.74, 6) is 0. The van der Waals surface area contributed by atoms with Gasteiger partial charge in [0, 0.05) is 21.8 Å². The van der Waals surface area contributed by atoms with E-state index >= 15 is 0 Å². The topological polar surface area (TPSA) is 13.1 Å². The fraction of sp³-hybridized carbons (Fsp3) is 0.143. The van der Waals surface area contributed by atoms with E-state index in [4.69, 9.17) is 4.42 Å². The lowest BCUT2D eigenvalue weighted by molar-refractivity contribution is 0.649. The zero-order valence-corrected chi connectivity index (χ0v) is 16.5. The molecule has 1 nitrogen and oxygen atoms in total. The molecule has 1 heterocycles. The smallest absolute Gasteiger partial charge is 0.143 e. The average Bonchev–Trinajstić information content (AvgIpc) is 3.36. The van der Waals surface area contributed by atoms with Crippen molar-refractivity contribution in [3.05, 3.63) is 95.1 Å². The third kappa shape index (κ3) is 1.77. The number of fused-ring (bicyclic) bond motifs is 11. The van der Waals surface area contributed by atoms with Gasteiger partial charge < -0.3 is 4.42 Å². The van der Waals surface area contributed by atoms with E-state index in [-0.39, 0.29) is 5.41 Å². The zero-order valence-electron chi connectivity index (χ0n) is 16.5. The van der Waals surface area contributed by atoms with Gasteiger partial charge in [-0.3, -0.25) is 0 Å². The first-order valence-corrected chi connectivity index (χ1v) is 10.3. The van der Waals surface area contributed by atoms with Crippen LogP contribution in [0, 0.1) is 0 Å². The third-order valence-corrected chi connectivity index (χ3v) is 7.10. The van der Waals surface area contributed by atoms with E-state index < -0.39 is 0 Å². The molecule has 1 aromatic heterocycles. The monoisotopic (exact) mass is 372 g/mol. The van der Waals surface area contributed by atoms with Crippen LogP contribution in [0.3, 0.4) is 0 Å². The van der Waals surface area contributed by atoms with Crippen molar-refractivity contribution in [3.8, 4) is 22.3 Å². The molecule has 29 heavy (non-hydrogen) atoms. The molecule has 2 aliphatic rings. The van der Waals surface area contributed by atoms with E-state index in [0.29, 0.717) is 0 Å². The van der Waals surface area contributed by atoms with Gasteiger partial charge in [0.05, 0.1) is 0 Å². The first kappa shape index (κ1) is 15.6. The molecule has 0 atom stereocenters. The lowest BCUT2D eigenvalue weighted by Crippen LogP contribution is -2.17. The van der Waals surface area contributed by atoms with Crippen LogP contribution in [-0.2, 0) is 11.8 Å². The summed E-state index contributed by atoms with van der Waals surface area (Å²) in [6.45, 7) is 4.74. The van der Waals surface area contributed by atoms with Crippen LogP contribution in [0.2, 0.25) is 0 Å². The molecule has 0 bridgehead atoms. The molecule has 0 radical (unpaired) electrons. The highest BCUT2D eigenvalue weighted by atomic mass is 16.3. The lowest BCUT2D eigenvalue weighted by Gasteiger charge is -2.24. The van der Waals surface area contributed by atoms with Gasteiger partial charge in [-0.2, -0.15) is 0 Å². The van der Waals surface area contributed by atoms with Gasteiger partial charge in [0.2, 0.25) is 0 Å². The Bertz CT molecular complexity index is 1500. The zero-order chi connectivity index (χ0) is 19.3. The van der Waals surface area contributed by atoms with Crippen molar-refractivity contribution in [2.24, 2.45) is 0 Å². The highest BCUT2D eigenvalue weighted by molar-refractivity contribution is 6.12. The van der Waals surface area contributed by atoms with Crippen LogP contribution in [0.15, 0.2) is 77.2 Å². The Hall–Kier alpha value is -3.32. The number of rotatable bonds is 0. The van der Waals surface area contributed by atoms with Crippen molar-refractivity contribution in [1.29, 1.82) is 0 Å². The molecule has 0 saturated carbocycles.